The van der Waals surface area contributed by atoms with Crippen LogP contribution >= 0.6 is 0 Å². The summed E-state index contributed by atoms with van der Waals surface area (Å²) in [5, 5.41) is 11.9. The molecule has 1 N–H and O–H groups in total. The number of aromatic nitrogens is 1. The highest BCUT2D eigenvalue weighted by Gasteiger charge is 2.24. The smallest absolute Gasteiger partial charge is 0.251 e. The van der Waals surface area contributed by atoms with Crippen LogP contribution in [0.5, 0.6) is 5.88 Å². The number of carbonyl (C=O) groups is 1. The number of benzene rings is 1. The number of pyridine rings is 1. The predicted molar refractivity (Wildman–Crippen MR) is 94.3 cm³/mol. The molecule has 25 heavy (non-hydrogen) atoms. The van der Waals surface area contributed by atoms with Gasteiger partial charge in [0, 0.05) is 23.9 Å². The van der Waals surface area contributed by atoms with Crippen molar-refractivity contribution in [2.75, 3.05) is 0 Å². The first-order valence-corrected chi connectivity index (χ1v) is 8.54. The molecule has 1 fully saturated rings. The third-order valence-corrected chi connectivity index (χ3v) is 4.48. The number of rotatable bonds is 4. The van der Waals surface area contributed by atoms with E-state index in [-0.39, 0.29) is 18.1 Å². The average molecular weight is 335 g/mol. The summed E-state index contributed by atoms with van der Waals surface area (Å²) in [5.41, 5.74) is 2.37. The minimum absolute atomic E-state index is 0.0156. The van der Waals surface area contributed by atoms with E-state index in [0.29, 0.717) is 17.0 Å². The summed E-state index contributed by atoms with van der Waals surface area (Å²) in [4.78, 5) is 16.4. The summed E-state index contributed by atoms with van der Waals surface area (Å²) in [6, 6.07) is 13.3. The normalized spacial score (nSPS) is 19.7. The molecule has 0 aliphatic heterocycles. The van der Waals surface area contributed by atoms with Crippen LogP contribution in [-0.4, -0.2) is 23.0 Å². The standard InChI is InChI=1S/C20H21N3O2/c1-14-2-5-16(6-3-14)20(24)23-17-7-9-18(10-8-17)25-19-11-4-15(12-21)13-22-19/h2-6,11,13,17-18H,7-10H2,1H3,(H,23,24). The van der Waals surface area contributed by atoms with Crippen LogP contribution in [0.15, 0.2) is 42.6 Å². The van der Waals surface area contributed by atoms with Crippen LogP contribution < -0.4 is 10.1 Å². The number of ether oxygens (including phenoxy) is 1. The van der Waals surface area contributed by atoms with E-state index in [9.17, 15) is 4.79 Å². The van der Waals surface area contributed by atoms with Gasteiger partial charge in [-0.1, -0.05) is 17.7 Å². The fourth-order valence-corrected chi connectivity index (χ4v) is 2.99. The first kappa shape index (κ1) is 17.0. The zero-order valence-electron chi connectivity index (χ0n) is 14.2. The fraction of sp³-hybridized carbons (Fsp3) is 0.350. The molecule has 1 aliphatic rings. The molecule has 0 spiro atoms. The molecule has 5 nitrogen and oxygen atoms in total. The quantitative estimate of drug-likeness (QED) is 0.929. The second-order valence-electron chi connectivity index (χ2n) is 6.43. The first-order valence-electron chi connectivity index (χ1n) is 8.54. The number of carbonyl (C=O) groups excluding carboxylic acids is 1. The van der Waals surface area contributed by atoms with E-state index in [1.165, 1.54) is 6.20 Å². The summed E-state index contributed by atoms with van der Waals surface area (Å²) in [6.07, 6.45) is 5.15. The summed E-state index contributed by atoms with van der Waals surface area (Å²) >= 11 is 0. The van der Waals surface area contributed by atoms with E-state index in [2.05, 4.69) is 10.3 Å². The molecule has 1 heterocycles. The Balaban J connectivity index is 1.47. The third kappa shape index (κ3) is 4.57. The van der Waals surface area contributed by atoms with Gasteiger partial charge < -0.3 is 10.1 Å². The lowest BCUT2D eigenvalue weighted by atomic mass is 9.92. The SMILES string of the molecule is Cc1ccc(C(=O)NC2CCC(Oc3ccc(C#N)cn3)CC2)cc1. The Morgan fingerprint density at radius 1 is 1.16 bits per heavy atom. The van der Waals surface area contributed by atoms with Gasteiger partial charge >= 0.3 is 0 Å². The third-order valence-electron chi connectivity index (χ3n) is 4.48. The molecule has 2 aromatic rings. The van der Waals surface area contributed by atoms with E-state index >= 15 is 0 Å². The van der Waals surface area contributed by atoms with E-state index < -0.39 is 0 Å². The maximum Gasteiger partial charge on any atom is 0.251 e. The van der Waals surface area contributed by atoms with Crippen molar-refractivity contribution in [2.24, 2.45) is 0 Å². The molecule has 128 valence electrons. The number of aryl methyl sites for hydroxylation is 1. The number of nitrogens with one attached hydrogen (secondary N) is 1. The molecule has 0 unspecified atom stereocenters. The lowest BCUT2D eigenvalue weighted by Crippen LogP contribution is -2.39. The monoisotopic (exact) mass is 335 g/mol. The maximum absolute atomic E-state index is 12.3. The van der Waals surface area contributed by atoms with Gasteiger partial charge in [0.25, 0.3) is 5.91 Å². The predicted octanol–water partition coefficient (Wildman–Crippen LogP) is 3.38. The fourth-order valence-electron chi connectivity index (χ4n) is 2.99. The molecule has 0 atom stereocenters. The molecule has 0 saturated heterocycles. The van der Waals surface area contributed by atoms with Crippen molar-refractivity contribution in [1.82, 2.24) is 10.3 Å². The van der Waals surface area contributed by atoms with E-state index in [1.54, 1.807) is 12.1 Å². The van der Waals surface area contributed by atoms with Crippen LogP contribution in [0.2, 0.25) is 0 Å². The molecule has 5 heteroatoms. The molecule has 1 aromatic heterocycles. The number of nitrogens with zero attached hydrogens (tertiary/aromatic N) is 2. The highest BCUT2D eigenvalue weighted by Crippen LogP contribution is 2.23. The highest BCUT2D eigenvalue weighted by molar-refractivity contribution is 5.94. The van der Waals surface area contributed by atoms with Gasteiger partial charge in [0.1, 0.15) is 12.2 Å². The largest absolute Gasteiger partial charge is 0.474 e. The zero-order valence-corrected chi connectivity index (χ0v) is 14.2. The van der Waals surface area contributed by atoms with E-state index in [4.69, 9.17) is 10.00 Å². The van der Waals surface area contributed by atoms with Gasteiger partial charge in [0.15, 0.2) is 0 Å². The number of hydrogen-bond acceptors (Lipinski definition) is 4. The Morgan fingerprint density at radius 3 is 2.48 bits per heavy atom. The van der Waals surface area contributed by atoms with Crippen molar-refractivity contribution in [3.63, 3.8) is 0 Å². The van der Waals surface area contributed by atoms with Crippen LogP contribution in [0.25, 0.3) is 0 Å². The van der Waals surface area contributed by atoms with Crippen molar-refractivity contribution >= 4 is 5.91 Å². The minimum Gasteiger partial charge on any atom is -0.474 e. The van der Waals surface area contributed by atoms with Gasteiger partial charge in [-0.15, -0.1) is 0 Å². The molecule has 3 rings (SSSR count). The summed E-state index contributed by atoms with van der Waals surface area (Å²) in [6.45, 7) is 2.01. The lowest BCUT2D eigenvalue weighted by Gasteiger charge is -2.29. The lowest BCUT2D eigenvalue weighted by molar-refractivity contribution is 0.0890. The van der Waals surface area contributed by atoms with Crippen molar-refractivity contribution in [3.05, 3.63) is 59.3 Å². The molecule has 1 amide bonds. The van der Waals surface area contributed by atoms with Crippen LogP contribution in [0.4, 0.5) is 0 Å². The number of hydrogen-bond donors (Lipinski definition) is 1. The number of amides is 1. The summed E-state index contributed by atoms with van der Waals surface area (Å²) in [5.74, 6) is 0.532. The van der Waals surface area contributed by atoms with Crippen molar-refractivity contribution in [3.8, 4) is 11.9 Å². The van der Waals surface area contributed by atoms with Crippen molar-refractivity contribution in [2.45, 2.75) is 44.8 Å². The van der Waals surface area contributed by atoms with Crippen LogP contribution in [0.1, 0.15) is 47.2 Å². The molecule has 1 saturated carbocycles. The Morgan fingerprint density at radius 2 is 1.88 bits per heavy atom. The minimum atomic E-state index is -0.0156. The molecular formula is C20H21N3O2. The van der Waals surface area contributed by atoms with Gasteiger partial charge in [-0.05, 0) is 50.8 Å². The van der Waals surface area contributed by atoms with Crippen LogP contribution in [0, 0.1) is 18.3 Å². The zero-order chi connectivity index (χ0) is 17.6. The summed E-state index contributed by atoms with van der Waals surface area (Å²) in [7, 11) is 0. The van der Waals surface area contributed by atoms with E-state index in [1.807, 2.05) is 37.3 Å². The summed E-state index contributed by atoms with van der Waals surface area (Å²) < 4.78 is 5.87. The molecule has 0 bridgehead atoms. The Bertz CT molecular complexity index is 755. The Hall–Kier alpha value is -2.87. The number of nitriles is 1. The second kappa shape index (κ2) is 7.80. The van der Waals surface area contributed by atoms with Gasteiger partial charge in [0.05, 0.1) is 5.56 Å². The topological polar surface area (TPSA) is 75.0 Å². The second-order valence-corrected chi connectivity index (χ2v) is 6.43. The van der Waals surface area contributed by atoms with E-state index in [0.717, 1.165) is 31.2 Å². The highest BCUT2D eigenvalue weighted by atomic mass is 16.5. The van der Waals surface area contributed by atoms with Crippen molar-refractivity contribution in [1.29, 1.82) is 5.26 Å². The van der Waals surface area contributed by atoms with Gasteiger partial charge in [0.2, 0.25) is 5.88 Å². The maximum atomic E-state index is 12.3. The Kier molecular flexibility index (Phi) is 5.30. The van der Waals surface area contributed by atoms with Gasteiger partial charge in [-0.25, -0.2) is 4.98 Å². The van der Waals surface area contributed by atoms with Crippen LogP contribution in [0.3, 0.4) is 0 Å². The molecular weight excluding hydrogens is 314 g/mol. The van der Waals surface area contributed by atoms with Gasteiger partial charge in [-0.3, -0.25) is 4.79 Å². The Labute approximate surface area is 147 Å². The average Bonchev–Trinajstić information content (AvgIpc) is 2.64. The van der Waals surface area contributed by atoms with Crippen molar-refractivity contribution < 1.29 is 9.53 Å². The first-order chi connectivity index (χ1) is 12.1. The molecule has 0 radical (unpaired) electrons. The van der Waals surface area contributed by atoms with Gasteiger partial charge in [-0.2, -0.15) is 5.26 Å². The van der Waals surface area contributed by atoms with Crippen LogP contribution in [-0.2, 0) is 0 Å². The molecule has 1 aliphatic carbocycles. The molecule has 1 aromatic carbocycles.